The van der Waals surface area contributed by atoms with E-state index in [-0.39, 0.29) is 54.5 Å². The number of aliphatic imine (C=N–C) groups is 3. The molecule has 5 aliphatic rings. The van der Waals surface area contributed by atoms with Gasteiger partial charge in [0.15, 0.2) is 29.4 Å². The number of aliphatic carboxylic acids is 1. The third-order valence-corrected chi connectivity index (χ3v) is 11.8. The summed E-state index contributed by atoms with van der Waals surface area (Å²) in [6, 6.07) is 12.9. The molecule has 1 saturated heterocycles. The molecule has 1 aliphatic carbocycles. The van der Waals surface area contributed by atoms with Gasteiger partial charge in [-0.1, -0.05) is 43.5 Å². The Morgan fingerprint density at radius 3 is 2.42 bits per heavy atom. The maximum Gasteiger partial charge on any atom is 0.336 e. The van der Waals surface area contributed by atoms with Gasteiger partial charge in [0.1, 0.15) is 65.4 Å². The molecule has 8 rings (SSSR count). The van der Waals surface area contributed by atoms with E-state index >= 15 is 0 Å². The number of fused-ring (bicyclic) bond motifs is 1. The highest BCUT2D eigenvalue weighted by atomic mass is 16.7. The topological polar surface area (TPSA) is 308 Å². The van der Waals surface area contributed by atoms with E-state index in [1.807, 2.05) is 0 Å². The largest absolute Gasteiger partial charge is 0.508 e. The molecule has 8 atom stereocenters. The third-order valence-electron chi connectivity index (χ3n) is 11.8. The van der Waals surface area contributed by atoms with Gasteiger partial charge in [-0.25, -0.2) is 9.79 Å². The molecule has 0 amide bonds. The number of ether oxygens (including phenoxy) is 5. The summed E-state index contributed by atoms with van der Waals surface area (Å²) in [6.07, 6.45) is -4.48. The van der Waals surface area contributed by atoms with Crippen molar-refractivity contribution in [3.05, 3.63) is 89.5 Å². The number of phenolic OH excluding ortho intramolecular Hbond substituents is 2. The van der Waals surface area contributed by atoms with Gasteiger partial charge >= 0.3 is 11.8 Å². The van der Waals surface area contributed by atoms with Crippen LogP contribution >= 0.6 is 0 Å². The van der Waals surface area contributed by atoms with Crippen LogP contribution < -0.4 is 24.4 Å². The molecule has 11 N–H and O–H groups in total. The molecule has 0 radical (unpaired) electrons. The van der Waals surface area contributed by atoms with E-state index < -0.39 is 83.1 Å². The van der Waals surface area contributed by atoms with Crippen molar-refractivity contribution in [2.45, 2.75) is 80.8 Å². The monoisotopic (exact) mass is 857 g/mol. The summed E-state index contributed by atoms with van der Waals surface area (Å²) in [7, 11) is 0. The van der Waals surface area contributed by atoms with Gasteiger partial charge in [0.05, 0.1) is 12.3 Å². The van der Waals surface area contributed by atoms with Crippen LogP contribution in [0.5, 0.6) is 34.5 Å². The molecule has 19 nitrogen and oxygen atoms in total. The lowest BCUT2D eigenvalue weighted by atomic mass is 9.55. The number of aliphatic hydroxyl groups is 6. The molecule has 0 aromatic heterocycles. The number of carboxylic acids is 1. The number of hydrogen-bond acceptors (Lipinski definition) is 16. The summed E-state index contributed by atoms with van der Waals surface area (Å²) in [4.78, 5) is 25.5. The van der Waals surface area contributed by atoms with Gasteiger partial charge in [-0.2, -0.15) is 0 Å². The average molecular weight is 858 g/mol. The van der Waals surface area contributed by atoms with Crippen molar-refractivity contribution in [2.24, 2.45) is 20.4 Å². The summed E-state index contributed by atoms with van der Waals surface area (Å²) in [5, 5.41) is 107. The zero-order valence-electron chi connectivity index (χ0n) is 32.9. The minimum Gasteiger partial charge on any atom is -0.508 e. The van der Waals surface area contributed by atoms with Crippen LogP contribution in [0.25, 0.3) is 5.76 Å². The second kappa shape index (κ2) is 16.8. The first-order valence-corrected chi connectivity index (χ1v) is 19.8. The highest BCUT2D eigenvalue weighted by Gasteiger charge is 2.69. The molecular formula is C43H45N4O15+. The third kappa shape index (κ3) is 7.63. The molecular weight excluding hydrogens is 812 g/mol. The maximum atomic E-state index is 13.0. The zero-order valence-corrected chi connectivity index (χ0v) is 32.9. The average Bonchev–Trinajstić information content (AvgIpc) is 3.97. The molecule has 3 aromatic rings. The number of phenols is 2. The minimum absolute atomic E-state index is 0.0235. The van der Waals surface area contributed by atoms with Gasteiger partial charge < -0.3 is 69.6 Å². The number of rotatable bonds is 13. The van der Waals surface area contributed by atoms with Crippen LogP contribution in [-0.2, 0) is 9.53 Å². The van der Waals surface area contributed by atoms with Crippen molar-refractivity contribution in [3.63, 3.8) is 0 Å². The summed E-state index contributed by atoms with van der Waals surface area (Å²) >= 11 is 0. The second-order valence-corrected chi connectivity index (χ2v) is 15.5. The van der Waals surface area contributed by atoms with E-state index in [2.05, 4.69) is 15.0 Å². The fourth-order valence-electron chi connectivity index (χ4n) is 8.67. The van der Waals surface area contributed by atoms with Gasteiger partial charge in [0, 0.05) is 29.2 Å². The van der Waals surface area contributed by atoms with Crippen molar-refractivity contribution < 1.29 is 79.8 Å². The predicted molar refractivity (Wildman–Crippen MR) is 217 cm³/mol. The minimum atomic E-state index is -2.63. The Balaban J connectivity index is 1.11. The number of nitrogens with zero attached hydrogens (tertiary/aromatic N) is 3. The highest BCUT2D eigenvalue weighted by Crippen LogP contribution is 2.55. The SMILES string of the molecule is [NH2+]=C1C=CC(C(O)COc2ccc(C3C=C(O)c4c(cc(OC5OC(C(=O)O)C(O)(C6(C7=NC=NC7)CCCCC6)C(O)C5O)c(OC(O)c5cccc(O)c5)c4O)O3)cc2)=N1. The Morgan fingerprint density at radius 1 is 1.00 bits per heavy atom. The Bertz CT molecular complexity index is 2390. The van der Waals surface area contributed by atoms with Crippen LogP contribution in [0.1, 0.15) is 61.2 Å². The van der Waals surface area contributed by atoms with Gasteiger partial charge in [-0.05, 0) is 53.7 Å². The van der Waals surface area contributed by atoms with Crippen molar-refractivity contribution >= 4 is 35.3 Å². The number of amidine groups is 1. The standard InChI is InChI=1S/C43H44N4O15/c44-32-12-11-25(47-32)27(50)19-58-24-9-7-21(8-10-24)28-16-26(49)33-29(59-28)17-30(36(34(33)51)61-40(56)22-5-4-6-23(48)15-22)60-41-35(52)37(53)43(57,38(62-41)39(54)55)42(13-2-1-3-14-42)31-18-45-20-46-31/h4-12,15-17,20,27-28,35,37-38,40-41,44,48-53,56-57H,1-3,13-14,18-19H2,(H,54,55)/p+1. The van der Waals surface area contributed by atoms with Crippen LogP contribution in [0.2, 0.25) is 0 Å². The number of aliphatic hydroxyl groups excluding tert-OH is 5. The summed E-state index contributed by atoms with van der Waals surface area (Å²) in [5.74, 6) is -3.95. The number of carboxylic acid groups (broad SMARTS) is 1. The zero-order chi connectivity index (χ0) is 43.9. The lowest BCUT2D eigenvalue weighted by Crippen LogP contribution is -2.76. The van der Waals surface area contributed by atoms with Crippen molar-refractivity contribution in [1.82, 2.24) is 0 Å². The van der Waals surface area contributed by atoms with E-state index in [4.69, 9.17) is 29.1 Å². The van der Waals surface area contributed by atoms with Gasteiger partial charge in [-0.15, -0.1) is 0 Å². The van der Waals surface area contributed by atoms with Crippen molar-refractivity contribution in [2.75, 3.05) is 13.2 Å². The Hall–Kier alpha value is -6.35. The van der Waals surface area contributed by atoms with Gasteiger partial charge in [0.25, 0.3) is 0 Å². The molecule has 8 unspecified atom stereocenters. The normalized spacial score (nSPS) is 27.3. The molecule has 0 bridgehead atoms. The Morgan fingerprint density at radius 2 is 1.76 bits per heavy atom. The Kier molecular flexibility index (Phi) is 11.5. The van der Waals surface area contributed by atoms with Crippen LogP contribution in [0.15, 0.2) is 87.8 Å². The fourth-order valence-corrected chi connectivity index (χ4v) is 8.67. The summed E-state index contributed by atoms with van der Waals surface area (Å²) in [5.41, 5.74) is -3.17. The lowest BCUT2D eigenvalue weighted by Gasteiger charge is -2.57. The van der Waals surface area contributed by atoms with E-state index in [1.54, 1.807) is 36.4 Å². The molecule has 4 heterocycles. The molecule has 2 fully saturated rings. The fraction of sp³-hybridized carbons (Fsp3) is 0.372. The number of benzene rings is 3. The van der Waals surface area contributed by atoms with E-state index in [0.717, 1.165) is 12.5 Å². The molecule has 62 heavy (non-hydrogen) atoms. The molecule has 326 valence electrons. The lowest BCUT2D eigenvalue weighted by molar-refractivity contribution is -0.326. The van der Waals surface area contributed by atoms with E-state index in [9.17, 15) is 50.8 Å². The number of carbonyl (C=O) groups is 1. The van der Waals surface area contributed by atoms with Crippen molar-refractivity contribution in [3.8, 4) is 34.5 Å². The van der Waals surface area contributed by atoms with Gasteiger partial charge in [0.2, 0.25) is 18.3 Å². The number of aromatic hydroxyl groups is 2. The first-order chi connectivity index (χ1) is 29.7. The van der Waals surface area contributed by atoms with Crippen LogP contribution in [0.4, 0.5) is 0 Å². The first-order valence-electron chi connectivity index (χ1n) is 19.8. The second-order valence-electron chi connectivity index (χ2n) is 15.5. The maximum absolute atomic E-state index is 13.0. The summed E-state index contributed by atoms with van der Waals surface area (Å²) in [6.45, 7) is -0.0768. The smallest absolute Gasteiger partial charge is 0.336 e. The summed E-state index contributed by atoms with van der Waals surface area (Å²) < 4.78 is 29.6. The number of hydrogen-bond donors (Lipinski definition) is 10. The van der Waals surface area contributed by atoms with E-state index in [0.29, 0.717) is 35.6 Å². The molecule has 1 saturated carbocycles. The molecule has 19 heteroatoms. The highest BCUT2D eigenvalue weighted by molar-refractivity contribution is 6.14. The molecule has 0 spiro atoms. The molecule has 4 aliphatic heterocycles. The van der Waals surface area contributed by atoms with Crippen LogP contribution in [0.3, 0.4) is 0 Å². The first kappa shape index (κ1) is 42.3. The van der Waals surface area contributed by atoms with Crippen LogP contribution in [0, 0.1) is 5.41 Å². The van der Waals surface area contributed by atoms with Crippen LogP contribution in [-0.4, -0.2) is 125 Å². The Labute approximate surface area is 353 Å². The quantitative estimate of drug-likeness (QED) is 0.108. The van der Waals surface area contributed by atoms with E-state index in [1.165, 1.54) is 36.7 Å². The number of nitrogens with two attached hydrogens (primary N) is 1. The molecule has 3 aromatic carbocycles. The van der Waals surface area contributed by atoms with Crippen molar-refractivity contribution in [1.29, 1.82) is 0 Å². The predicted octanol–water partition coefficient (Wildman–Crippen LogP) is 1.18. The van der Waals surface area contributed by atoms with Gasteiger partial charge in [-0.3, -0.25) is 10.4 Å².